The Morgan fingerprint density at radius 2 is 2.21 bits per heavy atom. The first-order chi connectivity index (χ1) is 9.11. The molecule has 0 atom stereocenters. The molecule has 0 bridgehead atoms. The quantitative estimate of drug-likeness (QED) is 0.663. The Bertz CT molecular complexity index is 555. The maximum Gasteiger partial charge on any atom is 0.263 e. The van der Waals surface area contributed by atoms with Crippen molar-refractivity contribution in [3.63, 3.8) is 0 Å². The van der Waals surface area contributed by atoms with Gasteiger partial charge in [-0.05, 0) is 31.9 Å². The molecule has 2 rings (SSSR count). The Balaban J connectivity index is 2.21. The SMILES string of the molecule is CC(C)NC(=O)/C(C#N)=C\N1CCc2ccccc21. The highest BCUT2D eigenvalue weighted by molar-refractivity contribution is 5.97. The summed E-state index contributed by atoms with van der Waals surface area (Å²) in [5.41, 5.74) is 2.47. The van der Waals surface area contributed by atoms with Crippen molar-refractivity contribution >= 4 is 11.6 Å². The molecular formula is C15H17N3O. The van der Waals surface area contributed by atoms with Crippen molar-refractivity contribution in [3.8, 4) is 6.07 Å². The van der Waals surface area contributed by atoms with Crippen molar-refractivity contribution in [3.05, 3.63) is 41.6 Å². The monoisotopic (exact) mass is 255 g/mol. The summed E-state index contributed by atoms with van der Waals surface area (Å²) in [7, 11) is 0. The van der Waals surface area contributed by atoms with Crippen molar-refractivity contribution in [1.29, 1.82) is 5.26 Å². The number of nitrogens with zero attached hydrogens (tertiary/aromatic N) is 2. The average Bonchev–Trinajstić information content (AvgIpc) is 2.78. The van der Waals surface area contributed by atoms with Crippen molar-refractivity contribution in [2.24, 2.45) is 0 Å². The summed E-state index contributed by atoms with van der Waals surface area (Å²) in [4.78, 5) is 13.8. The van der Waals surface area contributed by atoms with Crippen LogP contribution in [-0.4, -0.2) is 18.5 Å². The Kier molecular flexibility index (Phi) is 3.86. The zero-order valence-electron chi connectivity index (χ0n) is 11.2. The zero-order valence-corrected chi connectivity index (χ0v) is 11.2. The van der Waals surface area contributed by atoms with E-state index in [2.05, 4.69) is 11.4 Å². The van der Waals surface area contributed by atoms with E-state index in [0.717, 1.165) is 18.7 Å². The number of anilines is 1. The fourth-order valence-electron chi connectivity index (χ4n) is 2.13. The van der Waals surface area contributed by atoms with Crippen LogP contribution in [0.1, 0.15) is 19.4 Å². The fraction of sp³-hybridized carbons (Fsp3) is 0.333. The number of para-hydroxylation sites is 1. The number of hydrogen-bond acceptors (Lipinski definition) is 3. The number of amides is 1. The molecule has 1 heterocycles. The van der Waals surface area contributed by atoms with Gasteiger partial charge in [-0.1, -0.05) is 18.2 Å². The predicted octanol–water partition coefficient (Wildman–Crippen LogP) is 1.98. The van der Waals surface area contributed by atoms with E-state index in [0.29, 0.717) is 0 Å². The maximum absolute atomic E-state index is 11.9. The molecule has 1 aromatic rings. The summed E-state index contributed by atoms with van der Waals surface area (Å²) in [5, 5.41) is 11.8. The second-order valence-electron chi connectivity index (χ2n) is 4.85. The first kappa shape index (κ1) is 13.2. The van der Waals surface area contributed by atoms with E-state index < -0.39 is 0 Å². The third-order valence-corrected chi connectivity index (χ3v) is 2.99. The largest absolute Gasteiger partial charge is 0.349 e. The van der Waals surface area contributed by atoms with Gasteiger partial charge in [0.1, 0.15) is 11.6 Å². The van der Waals surface area contributed by atoms with Crippen molar-refractivity contribution in [2.45, 2.75) is 26.3 Å². The van der Waals surface area contributed by atoms with Gasteiger partial charge in [0.2, 0.25) is 0 Å². The molecule has 1 N–H and O–H groups in total. The normalized spacial score (nSPS) is 14.2. The van der Waals surface area contributed by atoms with Crippen LogP contribution < -0.4 is 10.2 Å². The second kappa shape index (κ2) is 5.57. The molecular weight excluding hydrogens is 238 g/mol. The lowest BCUT2D eigenvalue weighted by atomic mass is 10.2. The van der Waals surface area contributed by atoms with E-state index in [1.54, 1.807) is 6.20 Å². The van der Waals surface area contributed by atoms with Crippen LogP contribution in [0.5, 0.6) is 0 Å². The molecule has 0 radical (unpaired) electrons. The predicted molar refractivity (Wildman–Crippen MR) is 74.5 cm³/mol. The fourth-order valence-corrected chi connectivity index (χ4v) is 2.13. The molecule has 1 aromatic carbocycles. The molecule has 1 aliphatic rings. The van der Waals surface area contributed by atoms with Gasteiger partial charge < -0.3 is 10.2 Å². The summed E-state index contributed by atoms with van der Waals surface area (Å²) in [6, 6.07) is 10.0. The van der Waals surface area contributed by atoms with E-state index in [-0.39, 0.29) is 17.5 Å². The molecule has 0 spiro atoms. The summed E-state index contributed by atoms with van der Waals surface area (Å²) in [6.07, 6.45) is 2.58. The second-order valence-corrected chi connectivity index (χ2v) is 4.85. The Morgan fingerprint density at radius 3 is 2.89 bits per heavy atom. The first-order valence-corrected chi connectivity index (χ1v) is 6.39. The third kappa shape index (κ3) is 2.94. The van der Waals surface area contributed by atoms with Gasteiger partial charge in [-0.3, -0.25) is 4.79 Å². The first-order valence-electron chi connectivity index (χ1n) is 6.39. The van der Waals surface area contributed by atoms with Gasteiger partial charge in [-0.25, -0.2) is 0 Å². The van der Waals surface area contributed by atoms with Crippen LogP contribution in [0.15, 0.2) is 36.0 Å². The van der Waals surface area contributed by atoms with Gasteiger partial charge in [-0.2, -0.15) is 5.26 Å². The molecule has 1 aliphatic heterocycles. The van der Waals surface area contributed by atoms with Gasteiger partial charge in [0.05, 0.1) is 0 Å². The topological polar surface area (TPSA) is 56.1 Å². The van der Waals surface area contributed by atoms with Crippen LogP contribution in [0, 0.1) is 11.3 Å². The van der Waals surface area contributed by atoms with Gasteiger partial charge in [0.25, 0.3) is 5.91 Å². The van der Waals surface area contributed by atoms with Crippen LogP contribution >= 0.6 is 0 Å². The lowest BCUT2D eigenvalue weighted by Crippen LogP contribution is -2.32. The summed E-state index contributed by atoms with van der Waals surface area (Å²) < 4.78 is 0. The molecule has 0 saturated carbocycles. The molecule has 4 heteroatoms. The Hall–Kier alpha value is -2.28. The number of carbonyl (C=O) groups is 1. The summed E-state index contributed by atoms with van der Waals surface area (Å²) in [6.45, 7) is 4.55. The minimum atomic E-state index is -0.318. The van der Waals surface area contributed by atoms with Crippen LogP contribution in [0.2, 0.25) is 0 Å². The van der Waals surface area contributed by atoms with Gasteiger partial charge in [0, 0.05) is 24.5 Å². The number of nitrogens with one attached hydrogen (secondary N) is 1. The van der Waals surface area contributed by atoms with Gasteiger partial charge >= 0.3 is 0 Å². The van der Waals surface area contributed by atoms with Crippen LogP contribution in [0.3, 0.4) is 0 Å². The number of fused-ring (bicyclic) bond motifs is 1. The number of nitriles is 1. The van der Waals surface area contributed by atoms with E-state index in [1.165, 1.54) is 5.56 Å². The average molecular weight is 255 g/mol. The van der Waals surface area contributed by atoms with E-state index in [1.807, 2.05) is 43.0 Å². The lowest BCUT2D eigenvalue weighted by molar-refractivity contribution is -0.117. The highest BCUT2D eigenvalue weighted by Gasteiger charge is 2.19. The number of rotatable bonds is 3. The Labute approximate surface area is 113 Å². The molecule has 0 saturated heterocycles. The molecule has 0 unspecified atom stereocenters. The standard InChI is InChI=1S/C15H17N3O/c1-11(2)17-15(19)13(9-16)10-18-8-7-12-5-3-4-6-14(12)18/h3-6,10-11H,7-8H2,1-2H3,(H,17,19)/b13-10-. The van der Waals surface area contributed by atoms with Gasteiger partial charge in [-0.15, -0.1) is 0 Å². The van der Waals surface area contributed by atoms with E-state index in [4.69, 9.17) is 5.26 Å². The number of carbonyl (C=O) groups excluding carboxylic acids is 1. The van der Waals surface area contributed by atoms with Crippen LogP contribution in [0.4, 0.5) is 5.69 Å². The molecule has 0 aliphatic carbocycles. The van der Waals surface area contributed by atoms with Crippen LogP contribution in [0.25, 0.3) is 0 Å². The minimum absolute atomic E-state index is 0.0233. The number of hydrogen-bond donors (Lipinski definition) is 1. The van der Waals surface area contributed by atoms with Crippen molar-refractivity contribution < 1.29 is 4.79 Å². The minimum Gasteiger partial charge on any atom is -0.349 e. The molecule has 98 valence electrons. The molecule has 0 aromatic heterocycles. The molecule has 4 nitrogen and oxygen atoms in total. The lowest BCUT2D eigenvalue weighted by Gasteiger charge is -2.15. The van der Waals surface area contributed by atoms with E-state index >= 15 is 0 Å². The van der Waals surface area contributed by atoms with Crippen molar-refractivity contribution in [2.75, 3.05) is 11.4 Å². The number of benzene rings is 1. The molecule has 19 heavy (non-hydrogen) atoms. The van der Waals surface area contributed by atoms with Gasteiger partial charge in [0.15, 0.2) is 0 Å². The van der Waals surface area contributed by atoms with E-state index in [9.17, 15) is 4.79 Å². The summed E-state index contributed by atoms with van der Waals surface area (Å²) in [5.74, 6) is -0.318. The smallest absolute Gasteiger partial charge is 0.263 e. The molecule has 0 fully saturated rings. The van der Waals surface area contributed by atoms with Crippen molar-refractivity contribution in [1.82, 2.24) is 5.32 Å². The summed E-state index contributed by atoms with van der Waals surface area (Å²) >= 11 is 0. The zero-order chi connectivity index (χ0) is 13.8. The third-order valence-electron chi connectivity index (χ3n) is 2.99. The highest BCUT2D eigenvalue weighted by atomic mass is 16.1. The Morgan fingerprint density at radius 1 is 1.47 bits per heavy atom. The molecule has 1 amide bonds. The highest BCUT2D eigenvalue weighted by Crippen LogP contribution is 2.27. The maximum atomic E-state index is 11.9. The van der Waals surface area contributed by atoms with Crippen LogP contribution in [-0.2, 0) is 11.2 Å².